The van der Waals surface area contributed by atoms with Gasteiger partial charge in [0.05, 0.1) is 24.4 Å². The van der Waals surface area contributed by atoms with Gasteiger partial charge in [0, 0.05) is 19.1 Å². The smallest absolute Gasteiger partial charge is 0.271 e. The lowest BCUT2D eigenvalue weighted by Gasteiger charge is -2.26. The largest absolute Gasteiger partial charge is 0.378 e. The zero-order valence-electron chi connectivity index (χ0n) is 10.4. The van der Waals surface area contributed by atoms with Crippen molar-refractivity contribution in [2.45, 2.75) is 18.9 Å². The quantitative estimate of drug-likeness (QED) is 0.891. The Balaban J connectivity index is 1.79. The van der Waals surface area contributed by atoms with E-state index in [1.165, 1.54) is 6.20 Å². The molecule has 1 N–H and O–H groups in total. The van der Waals surface area contributed by atoms with Crippen molar-refractivity contribution in [3.05, 3.63) is 16.9 Å². The molecule has 2 heterocycles. The first-order chi connectivity index (χ1) is 9.24. The summed E-state index contributed by atoms with van der Waals surface area (Å²) in [7, 11) is 0. The average Bonchev–Trinajstić information content (AvgIpc) is 3.24. The molecule has 7 heteroatoms. The molecule has 3 rings (SSSR count). The Kier molecular flexibility index (Phi) is 3.52. The lowest BCUT2D eigenvalue weighted by molar-refractivity contribution is 0.0946. The first-order valence-corrected chi connectivity index (χ1v) is 6.78. The summed E-state index contributed by atoms with van der Waals surface area (Å²) in [6.45, 7) is 2.75. The number of carbonyl (C=O) groups excluding carboxylic acids is 1. The van der Waals surface area contributed by atoms with Gasteiger partial charge in [0.15, 0.2) is 5.69 Å². The zero-order chi connectivity index (χ0) is 13.2. The highest BCUT2D eigenvalue weighted by Crippen LogP contribution is 2.21. The van der Waals surface area contributed by atoms with Gasteiger partial charge in [0.2, 0.25) is 5.95 Å². The van der Waals surface area contributed by atoms with E-state index in [1.807, 2.05) is 4.90 Å². The van der Waals surface area contributed by atoms with Crippen molar-refractivity contribution in [2.75, 3.05) is 31.2 Å². The van der Waals surface area contributed by atoms with Gasteiger partial charge >= 0.3 is 0 Å². The van der Waals surface area contributed by atoms with Gasteiger partial charge in [-0.05, 0) is 12.8 Å². The van der Waals surface area contributed by atoms with Crippen LogP contribution in [0.5, 0.6) is 0 Å². The molecule has 1 aliphatic carbocycles. The van der Waals surface area contributed by atoms with Crippen LogP contribution >= 0.6 is 11.6 Å². The molecule has 1 saturated carbocycles. The summed E-state index contributed by atoms with van der Waals surface area (Å²) in [5.41, 5.74) is 0.255. The number of aromatic nitrogens is 2. The topological polar surface area (TPSA) is 67.4 Å². The molecule has 0 bridgehead atoms. The molecule has 6 nitrogen and oxygen atoms in total. The maximum absolute atomic E-state index is 12.0. The molecule has 19 heavy (non-hydrogen) atoms. The fourth-order valence-corrected chi connectivity index (χ4v) is 2.09. The molecule has 1 aromatic rings. The molecule has 2 aliphatic rings. The minimum atomic E-state index is -0.218. The predicted molar refractivity (Wildman–Crippen MR) is 70.6 cm³/mol. The van der Waals surface area contributed by atoms with Crippen LogP contribution in [0.15, 0.2) is 6.20 Å². The van der Waals surface area contributed by atoms with E-state index in [4.69, 9.17) is 16.3 Å². The third-order valence-corrected chi connectivity index (χ3v) is 3.43. The monoisotopic (exact) mass is 282 g/mol. The van der Waals surface area contributed by atoms with Gasteiger partial charge in [-0.3, -0.25) is 4.79 Å². The first-order valence-electron chi connectivity index (χ1n) is 6.40. The summed E-state index contributed by atoms with van der Waals surface area (Å²) in [4.78, 5) is 22.5. The average molecular weight is 283 g/mol. The number of nitrogens with one attached hydrogen (secondary N) is 1. The molecule has 0 spiro atoms. The number of nitrogens with zero attached hydrogens (tertiary/aromatic N) is 3. The van der Waals surface area contributed by atoms with Crippen molar-refractivity contribution in [1.29, 1.82) is 0 Å². The highest BCUT2D eigenvalue weighted by atomic mass is 35.5. The van der Waals surface area contributed by atoms with Crippen molar-refractivity contribution in [2.24, 2.45) is 0 Å². The number of hydrogen-bond acceptors (Lipinski definition) is 5. The van der Waals surface area contributed by atoms with Crippen molar-refractivity contribution in [3.63, 3.8) is 0 Å². The lowest BCUT2D eigenvalue weighted by atomic mass is 10.3. The number of halogens is 1. The Morgan fingerprint density at radius 3 is 2.84 bits per heavy atom. The molecule has 1 saturated heterocycles. The summed E-state index contributed by atoms with van der Waals surface area (Å²) in [5, 5.41) is 3.17. The second-order valence-corrected chi connectivity index (χ2v) is 5.12. The Hall–Kier alpha value is -1.40. The summed E-state index contributed by atoms with van der Waals surface area (Å²) < 4.78 is 5.28. The molecule has 1 aromatic heterocycles. The second kappa shape index (κ2) is 5.30. The number of hydrogen-bond donors (Lipinski definition) is 1. The lowest BCUT2D eigenvalue weighted by Crippen LogP contribution is -2.38. The van der Waals surface area contributed by atoms with Gasteiger partial charge in [-0.15, -0.1) is 0 Å². The Morgan fingerprint density at radius 2 is 2.16 bits per heavy atom. The van der Waals surface area contributed by atoms with Crippen LogP contribution in [-0.4, -0.2) is 48.2 Å². The molecule has 102 valence electrons. The number of carbonyl (C=O) groups is 1. The van der Waals surface area contributed by atoms with Crippen LogP contribution < -0.4 is 10.2 Å². The summed E-state index contributed by atoms with van der Waals surface area (Å²) in [6.07, 6.45) is 3.55. The van der Waals surface area contributed by atoms with Gasteiger partial charge in [-0.25, -0.2) is 9.97 Å². The van der Waals surface area contributed by atoms with Crippen molar-refractivity contribution >= 4 is 23.5 Å². The predicted octanol–water partition coefficient (Wildman–Crippen LogP) is 0.859. The van der Waals surface area contributed by atoms with Crippen LogP contribution in [-0.2, 0) is 4.74 Å². The highest BCUT2D eigenvalue weighted by molar-refractivity contribution is 6.33. The number of rotatable bonds is 3. The van der Waals surface area contributed by atoms with Gasteiger partial charge in [-0.1, -0.05) is 11.6 Å². The zero-order valence-corrected chi connectivity index (χ0v) is 11.2. The van der Waals surface area contributed by atoms with E-state index in [0.29, 0.717) is 19.2 Å². The van der Waals surface area contributed by atoms with E-state index in [1.54, 1.807) is 0 Å². The van der Waals surface area contributed by atoms with Crippen LogP contribution in [0.25, 0.3) is 0 Å². The van der Waals surface area contributed by atoms with Crippen molar-refractivity contribution < 1.29 is 9.53 Å². The SMILES string of the molecule is O=C(NC1CC1)c1nc(N2CCOCC2)ncc1Cl. The molecule has 1 aliphatic heterocycles. The van der Waals surface area contributed by atoms with Gasteiger partial charge < -0.3 is 15.0 Å². The van der Waals surface area contributed by atoms with Gasteiger partial charge in [0.1, 0.15) is 0 Å². The van der Waals surface area contributed by atoms with Gasteiger partial charge in [0.25, 0.3) is 5.91 Å². The number of amides is 1. The molecule has 0 unspecified atom stereocenters. The molecular formula is C12H15ClN4O2. The van der Waals surface area contributed by atoms with Crippen molar-refractivity contribution in [3.8, 4) is 0 Å². The first kappa shape index (κ1) is 12.6. The third-order valence-electron chi connectivity index (χ3n) is 3.15. The fraction of sp³-hybridized carbons (Fsp3) is 0.583. The number of morpholine rings is 1. The minimum absolute atomic E-state index is 0.218. The maximum atomic E-state index is 12.0. The molecule has 0 radical (unpaired) electrons. The number of anilines is 1. The van der Waals surface area contributed by atoms with Crippen LogP contribution in [0.3, 0.4) is 0 Å². The van der Waals surface area contributed by atoms with E-state index >= 15 is 0 Å². The second-order valence-electron chi connectivity index (χ2n) is 4.71. The van der Waals surface area contributed by atoms with E-state index in [0.717, 1.165) is 25.9 Å². The Labute approximate surface area is 116 Å². The Morgan fingerprint density at radius 1 is 1.42 bits per heavy atom. The fourth-order valence-electron chi connectivity index (χ4n) is 1.91. The van der Waals surface area contributed by atoms with E-state index in [2.05, 4.69) is 15.3 Å². The van der Waals surface area contributed by atoms with Crippen LogP contribution in [0, 0.1) is 0 Å². The summed E-state index contributed by atoms with van der Waals surface area (Å²) in [5.74, 6) is 0.318. The molecular weight excluding hydrogens is 268 g/mol. The van der Waals surface area contributed by atoms with Crippen LogP contribution in [0.1, 0.15) is 23.3 Å². The summed E-state index contributed by atoms with van der Waals surface area (Å²) >= 11 is 6.00. The molecule has 1 amide bonds. The van der Waals surface area contributed by atoms with E-state index in [-0.39, 0.29) is 22.7 Å². The standard InChI is InChI=1S/C12H15ClN4O2/c13-9-7-14-12(17-3-5-19-6-4-17)16-10(9)11(18)15-8-1-2-8/h7-8H,1-6H2,(H,15,18). The van der Waals surface area contributed by atoms with E-state index in [9.17, 15) is 4.79 Å². The Bertz CT molecular complexity index is 487. The normalized spacial score (nSPS) is 19.3. The van der Waals surface area contributed by atoms with Crippen molar-refractivity contribution in [1.82, 2.24) is 15.3 Å². The molecule has 0 aromatic carbocycles. The minimum Gasteiger partial charge on any atom is -0.378 e. The van der Waals surface area contributed by atoms with Gasteiger partial charge in [-0.2, -0.15) is 0 Å². The molecule has 0 atom stereocenters. The molecule has 2 fully saturated rings. The summed E-state index contributed by atoms with van der Waals surface area (Å²) in [6, 6.07) is 0.283. The van der Waals surface area contributed by atoms with E-state index < -0.39 is 0 Å². The highest BCUT2D eigenvalue weighted by Gasteiger charge is 2.26. The maximum Gasteiger partial charge on any atom is 0.271 e. The van der Waals surface area contributed by atoms with Crippen LogP contribution in [0.2, 0.25) is 5.02 Å². The van der Waals surface area contributed by atoms with Crippen LogP contribution in [0.4, 0.5) is 5.95 Å². The number of ether oxygens (including phenoxy) is 1. The third kappa shape index (κ3) is 2.96.